The van der Waals surface area contributed by atoms with Crippen molar-refractivity contribution in [3.05, 3.63) is 64.3 Å². The number of benzene rings is 2. The van der Waals surface area contributed by atoms with Gasteiger partial charge in [-0.25, -0.2) is 12.8 Å². The van der Waals surface area contributed by atoms with E-state index in [1.165, 1.54) is 12.1 Å². The van der Waals surface area contributed by atoms with Crippen LogP contribution in [-0.2, 0) is 10.0 Å². The van der Waals surface area contributed by atoms with Gasteiger partial charge >= 0.3 is 0 Å². The first-order valence-electron chi connectivity index (χ1n) is 6.93. The topological polar surface area (TPSA) is 90.5 Å². The number of hydrogen-bond acceptors (Lipinski definition) is 4. The summed E-state index contributed by atoms with van der Waals surface area (Å²) in [6, 6.07) is 11.6. The van der Waals surface area contributed by atoms with E-state index in [2.05, 4.69) is 14.8 Å². The van der Waals surface area contributed by atoms with Crippen molar-refractivity contribution in [1.82, 2.24) is 10.4 Å². The molecule has 124 valence electrons. The van der Waals surface area contributed by atoms with Crippen molar-refractivity contribution in [2.24, 2.45) is 4.40 Å². The quantitative estimate of drug-likeness (QED) is 0.656. The molecule has 3 aromatic rings. The fourth-order valence-corrected chi connectivity index (χ4v) is 3.04. The molecular formula is C15H13ClN4O3S. The Balaban J connectivity index is 2.02. The van der Waals surface area contributed by atoms with Crippen LogP contribution in [0.3, 0.4) is 0 Å². The minimum atomic E-state index is -3.93. The third kappa shape index (κ3) is 3.24. The molecule has 0 spiro atoms. The number of hydrogen-bond donors (Lipinski definition) is 0. The molecule has 0 aliphatic carbocycles. The molecule has 3 rings (SSSR count). The minimum Gasteiger partial charge on any atom is -0.360 e. The minimum absolute atomic E-state index is 0.0476. The molecule has 0 aliphatic rings. The van der Waals surface area contributed by atoms with Crippen LogP contribution in [0.1, 0.15) is 11.1 Å². The number of sulfonamides is 1. The summed E-state index contributed by atoms with van der Waals surface area (Å²) >= 11 is 6.19. The van der Waals surface area contributed by atoms with E-state index < -0.39 is 10.0 Å². The Bertz CT molecular complexity index is 1050. The summed E-state index contributed by atoms with van der Waals surface area (Å²) < 4.78 is 32.9. The van der Waals surface area contributed by atoms with E-state index >= 15 is 0 Å². The van der Waals surface area contributed by atoms with Gasteiger partial charge in [-0.15, -0.1) is 0 Å². The lowest BCUT2D eigenvalue weighted by atomic mass is 10.2. The predicted octanol–water partition coefficient (Wildman–Crippen LogP) is 1.47. The van der Waals surface area contributed by atoms with Crippen molar-refractivity contribution < 1.29 is 17.7 Å². The Hall–Kier alpha value is -2.45. The summed E-state index contributed by atoms with van der Waals surface area (Å²) in [5, 5.41) is 8.03. The van der Waals surface area contributed by atoms with E-state index in [4.69, 9.17) is 16.1 Å². The van der Waals surface area contributed by atoms with Gasteiger partial charge in [0.2, 0.25) is 10.0 Å². The number of aromatic nitrogens is 3. The fourth-order valence-electron chi connectivity index (χ4n) is 1.98. The second-order valence-corrected chi connectivity index (χ2v) is 7.11. The molecule has 0 fully saturated rings. The normalized spacial score (nSPS) is 12.5. The van der Waals surface area contributed by atoms with Gasteiger partial charge in [-0.2, -0.15) is 0 Å². The maximum absolute atomic E-state index is 12.2. The van der Waals surface area contributed by atoms with Crippen LogP contribution < -0.4 is 15.6 Å². The summed E-state index contributed by atoms with van der Waals surface area (Å²) in [6.45, 7) is 3.69. The maximum atomic E-state index is 12.2. The largest absolute Gasteiger partial charge is 0.360 e. The lowest BCUT2D eigenvalue weighted by molar-refractivity contribution is -0.729. The first-order valence-corrected chi connectivity index (χ1v) is 8.75. The van der Waals surface area contributed by atoms with E-state index in [1.807, 2.05) is 19.9 Å². The molecule has 0 radical (unpaired) electrons. The van der Waals surface area contributed by atoms with Crippen molar-refractivity contribution in [1.29, 1.82) is 0 Å². The van der Waals surface area contributed by atoms with E-state index in [1.54, 1.807) is 24.3 Å². The van der Waals surface area contributed by atoms with Crippen molar-refractivity contribution >= 4 is 21.6 Å². The number of halogens is 1. The monoisotopic (exact) mass is 364 g/mol. The molecule has 1 heterocycles. The molecule has 0 unspecified atom stereocenters. The molecule has 24 heavy (non-hydrogen) atoms. The average molecular weight is 365 g/mol. The molecule has 0 saturated heterocycles. The Morgan fingerprint density at radius 3 is 2.58 bits per heavy atom. The number of nitrogens with zero attached hydrogens (tertiary/aromatic N) is 4. The molecule has 7 nitrogen and oxygen atoms in total. The highest BCUT2D eigenvalue weighted by Crippen LogP contribution is 2.19. The van der Waals surface area contributed by atoms with Gasteiger partial charge in [0, 0.05) is 6.07 Å². The highest BCUT2D eigenvalue weighted by Gasteiger charge is 2.15. The van der Waals surface area contributed by atoms with Gasteiger partial charge in [0.25, 0.3) is 11.4 Å². The molecule has 2 aromatic carbocycles. The first kappa shape index (κ1) is 16.4. The van der Waals surface area contributed by atoms with Gasteiger partial charge in [-0.3, -0.25) is 0 Å². The van der Waals surface area contributed by atoms with Crippen LogP contribution in [0.4, 0.5) is 0 Å². The SMILES string of the molecule is Cc1ccc(S(=O)(=O)/N=c2\[n-][n+](-c3cccc(C)c3Cl)no2)cc1. The molecule has 0 atom stereocenters. The lowest BCUT2D eigenvalue weighted by Gasteiger charge is -2.00. The highest BCUT2D eigenvalue weighted by atomic mass is 35.5. The zero-order chi connectivity index (χ0) is 17.3. The van der Waals surface area contributed by atoms with E-state index in [0.29, 0.717) is 10.7 Å². The molecule has 9 heteroatoms. The molecule has 1 aromatic heterocycles. The summed E-state index contributed by atoms with van der Waals surface area (Å²) in [4.78, 5) is 1.14. The van der Waals surface area contributed by atoms with Crippen molar-refractivity contribution in [3.8, 4) is 5.69 Å². The molecule has 0 aliphatic heterocycles. The van der Waals surface area contributed by atoms with Gasteiger partial charge in [-0.1, -0.05) is 46.5 Å². The van der Waals surface area contributed by atoms with Crippen LogP contribution in [0.2, 0.25) is 5.02 Å². The van der Waals surface area contributed by atoms with E-state index in [-0.39, 0.29) is 10.6 Å². The van der Waals surface area contributed by atoms with Crippen LogP contribution >= 0.6 is 11.6 Å². The van der Waals surface area contributed by atoms with E-state index in [9.17, 15) is 8.42 Å². The van der Waals surface area contributed by atoms with Crippen molar-refractivity contribution in [2.45, 2.75) is 18.7 Å². The lowest BCUT2D eigenvalue weighted by Crippen LogP contribution is -2.40. The number of rotatable bonds is 3. The zero-order valence-corrected chi connectivity index (χ0v) is 14.4. The fraction of sp³-hybridized carbons (Fsp3) is 0.133. The van der Waals surface area contributed by atoms with Gasteiger partial charge in [0.15, 0.2) is 0 Å². The Kier molecular flexibility index (Phi) is 4.25. The highest BCUT2D eigenvalue weighted by molar-refractivity contribution is 7.90. The standard InChI is InChI=1S/C15H13ClN4O3S/c1-10-6-8-12(9-7-10)24(21,22)18-15-17-20(19-23-15)13-5-3-4-11(2)14(13)16/h3-9H,1-2H3/b18-15+. The third-order valence-corrected chi connectivity index (χ3v) is 5.04. The van der Waals surface area contributed by atoms with Crippen molar-refractivity contribution in [3.63, 3.8) is 0 Å². The summed E-state index contributed by atoms with van der Waals surface area (Å²) in [5.74, 6) is 0. The zero-order valence-electron chi connectivity index (χ0n) is 12.8. The smallest absolute Gasteiger partial charge is 0.261 e. The molecule has 0 saturated carbocycles. The Morgan fingerprint density at radius 1 is 1.17 bits per heavy atom. The molecular weight excluding hydrogens is 352 g/mol. The van der Waals surface area contributed by atoms with Crippen LogP contribution in [0.25, 0.3) is 5.69 Å². The van der Waals surface area contributed by atoms with Gasteiger partial charge in [0.05, 0.1) is 10.2 Å². The van der Waals surface area contributed by atoms with Crippen LogP contribution in [0, 0.1) is 13.8 Å². The maximum Gasteiger partial charge on any atom is 0.261 e. The van der Waals surface area contributed by atoms with Gasteiger partial charge in [-0.05, 0) is 36.3 Å². The predicted molar refractivity (Wildman–Crippen MR) is 85.0 cm³/mol. The van der Waals surface area contributed by atoms with Gasteiger partial charge in [0.1, 0.15) is 5.02 Å². The second kappa shape index (κ2) is 6.21. The van der Waals surface area contributed by atoms with Crippen LogP contribution in [0.15, 0.2) is 56.3 Å². The van der Waals surface area contributed by atoms with Crippen LogP contribution in [-0.4, -0.2) is 13.7 Å². The molecule has 0 bridgehead atoms. The number of aryl methyl sites for hydroxylation is 2. The average Bonchev–Trinajstić information content (AvgIpc) is 2.98. The van der Waals surface area contributed by atoms with Gasteiger partial charge < -0.3 is 4.52 Å². The Labute approximate surface area is 143 Å². The van der Waals surface area contributed by atoms with Crippen LogP contribution in [0.5, 0.6) is 0 Å². The first-order chi connectivity index (χ1) is 11.4. The Morgan fingerprint density at radius 2 is 1.88 bits per heavy atom. The van der Waals surface area contributed by atoms with E-state index in [0.717, 1.165) is 15.9 Å². The third-order valence-electron chi connectivity index (χ3n) is 3.28. The summed E-state index contributed by atoms with van der Waals surface area (Å²) in [6.07, 6.45) is 0. The second-order valence-electron chi connectivity index (χ2n) is 5.13. The summed E-state index contributed by atoms with van der Waals surface area (Å²) in [7, 11) is -3.93. The molecule has 0 N–H and O–H groups in total. The summed E-state index contributed by atoms with van der Waals surface area (Å²) in [5.41, 5.74) is 1.86. The van der Waals surface area contributed by atoms with Crippen molar-refractivity contribution in [2.75, 3.05) is 0 Å². The molecule has 0 amide bonds.